The number of likely N-dealkylation sites (tertiary alicyclic amines) is 1. The number of rotatable bonds is 5. The van der Waals surface area contributed by atoms with E-state index >= 15 is 0 Å². The molecule has 1 aliphatic heterocycles. The highest BCUT2D eigenvalue weighted by Crippen LogP contribution is 2.26. The maximum Gasteiger partial charge on any atom is 0.239 e. The smallest absolute Gasteiger partial charge is 0.239 e. The third kappa shape index (κ3) is 4.11. The van der Waals surface area contributed by atoms with Crippen LogP contribution in [0.4, 0.5) is 0 Å². The number of ether oxygens (including phenoxy) is 1. The maximum atomic E-state index is 12.3. The molecular weight excluding hydrogens is 268 g/mol. The van der Waals surface area contributed by atoms with Gasteiger partial charge in [0.15, 0.2) is 11.5 Å². The molecule has 1 aromatic carbocycles. The second-order valence-corrected chi connectivity index (χ2v) is 5.49. The number of phenols is 1. The Balaban J connectivity index is 1.88. The van der Waals surface area contributed by atoms with Crippen LogP contribution in [0, 0.1) is 0 Å². The number of nitrogens with zero attached hydrogens (tertiary/aromatic N) is 1. The SMILES string of the molecule is COc1cc(CNC(C)C(=O)N2CCCCC2)ccc1O. The minimum Gasteiger partial charge on any atom is -0.504 e. The second kappa shape index (κ2) is 7.31. The van der Waals surface area contributed by atoms with Crippen molar-refractivity contribution in [1.29, 1.82) is 0 Å². The molecule has 1 unspecified atom stereocenters. The van der Waals surface area contributed by atoms with Gasteiger partial charge in [0.25, 0.3) is 0 Å². The second-order valence-electron chi connectivity index (χ2n) is 5.49. The van der Waals surface area contributed by atoms with E-state index in [1.54, 1.807) is 12.1 Å². The molecule has 0 bridgehead atoms. The van der Waals surface area contributed by atoms with Crippen LogP contribution in [0.3, 0.4) is 0 Å². The van der Waals surface area contributed by atoms with E-state index in [0.717, 1.165) is 31.5 Å². The number of phenolic OH excluding ortho intramolecular Hbond substituents is 1. The lowest BCUT2D eigenvalue weighted by atomic mass is 10.1. The minimum atomic E-state index is -0.206. The summed E-state index contributed by atoms with van der Waals surface area (Å²) >= 11 is 0. The quantitative estimate of drug-likeness (QED) is 0.870. The van der Waals surface area contributed by atoms with Crippen LogP contribution in [0.5, 0.6) is 11.5 Å². The average molecular weight is 292 g/mol. The predicted octanol–water partition coefficient (Wildman–Crippen LogP) is 1.89. The van der Waals surface area contributed by atoms with Crippen LogP contribution < -0.4 is 10.1 Å². The summed E-state index contributed by atoms with van der Waals surface area (Å²) in [5.74, 6) is 0.739. The summed E-state index contributed by atoms with van der Waals surface area (Å²) in [5.41, 5.74) is 0.975. The van der Waals surface area contributed by atoms with Crippen molar-refractivity contribution in [2.45, 2.75) is 38.8 Å². The summed E-state index contributed by atoms with van der Waals surface area (Å²) in [6.07, 6.45) is 3.43. The Hall–Kier alpha value is -1.75. The number of methoxy groups -OCH3 is 1. The molecule has 0 saturated carbocycles. The van der Waals surface area contributed by atoms with Gasteiger partial charge in [-0.05, 0) is 43.9 Å². The Morgan fingerprint density at radius 2 is 2.10 bits per heavy atom. The van der Waals surface area contributed by atoms with Crippen molar-refractivity contribution in [3.63, 3.8) is 0 Å². The number of carbonyl (C=O) groups excluding carboxylic acids is 1. The van der Waals surface area contributed by atoms with Crippen molar-refractivity contribution in [3.8, 4) is 11.5 Å². The van der Waals surface area contributed by atoms with Crippen molar-refractivity contribution in [2.75, 3.05) is 20.2 Å². The highest BCUT2D eigenvalue weighted by atomic mass is 16.5. The van der Waals surface area contributed by atoms with E-state index in [9.17, 15) is 9.90 Å². The van der Waals surface area contributed by atoms with Gasteiger partial charge in [-0.1, -0.05) is 6.07 Å². The molecule has 1 saturated heterocycles. The molecule has 21 heavy (non-hydrogen) atoms. The van der Waals surface area contributed by atoms with E-state index in [1.165, 1.54) is 13.5 Å². The Bertz CT molecular complexity index is 484. The lowest BCUT2D eigenvalue weighted by Gasteiger charge is -2.29. The summed E-state index contributed by atoms with van der Waals surface area (Å²) in [6, 6.07) is 5.00. The number of benzene rings is 1. The van der Waals surface area contributed by atoms with Gasteiger partial charge in [-0.2, -0.15) is 0 Å². The van der Waals surface area contributed by atoms with E-state index in [-0.39, 0.29) is 17.7 Å². The number of hydrogen-bond acceptors (Lipinski definition) is 4. The predicted molar refractivity (Wildman–Crippen MR) is 81.4 cm³/mol. The van der Waals surface area contributed by atoms with Crippen molar-refractivity contribution in [2.24, 2.45) is 0 Å². The molecule has 2 N–H and O–H groups in total. The standard InChI is InChI=1S/C16H24N2O3/c1-12(16(20)18-8-4-3-5-9-18)17-11-13-6-7-14(19)15(10-13)21-2/h6-7,10,12,17,19H,3-5,8-9,11H2,1-2H3. The first-order chi connectivity index (χ1) is 10.1. The fraction of sp³-hybridized carbons (Fsp3) is 0.562. The van der Waals surface area contributed by atoms with Crippen molar-refractivity contribution in [3.05, 3.63) is 23.8 Å². The molecule has 0 aromatic heterocycles. The molecule has 0 radical (unpaired) electrons. The zero-order valence-electron chi connectivity index (χ0n) is 12.8. The van der Waals surface area contributed by atoms with Crippen LogP contribution in [0.2, 0.25) is 0 Å². The highest BCUT2D eigenvalue weighted by Gasteiger charge is 2.21. The first-order valence-electron chi connectivity index (χ1n) is 7.50. The largest absolute Gasteiger partial charge is 0.504 e. The van der Waals surface area contributed by atoms with Crippen molar-refractivity contribution < 1.29 is 14.6 Å². The van der Waals surface area contributed by atoms with E-state index in [2.05, 4.69) is 5.32 Å². The number of amides is 1. The van der Waals surface area contributed by atoms with E-state index in [0.29, 0.717) is 12.3 Å². The molecule has 0 aliphatic carbocycles. The van der Waals surface area contributed by atoms with E-state index in [1.807, 2.05) is 17.9 Å². The molecule has 0 spiro atoms. The van der Waals surface area contributed by atoms with Gasteiger partial charge in [-0.25, -0.2) is 0 Å². The fourth-order valence-corrected chi connectivity index (χ4v) is 2.58. The monoisotopic (exact) mass is 292 g/mol. The molecule has 1 aliphatic rings. The van der Waals surface area contributed by atoms with E-state index < -0.39 is 0 Å². The van der Waals surface area contributed by atoms with Gasteiger partial charge < -0.3 is 20.1 Å². The van der Waals surface area contributed by atoms with Crippen LogP contribution in [0.15, 0.2) is 18.2 Å². The van der Waals surface area contributed by atoms with Gasteiger partial charge in [-0.15, -0.1) is 0 Å². The number of piperidine rings is 1. The van der Waals surface area contributed by atoms with Gasteiger partial charge >= 0.3 is 0 Å². The molecule has 1 atom stereocenters. The van der Waals surface area contributed by atoms with Crippen molar-refractivity contribution >= 4 is 5.91 Å². The molecule has 1 fully saturated rings. The normalized spacial score (nSPS) is 16.6. The number of nitrogens with one attached hydrogen (secondary N) is 1. The fourth-order valence-electron chi connectivity index (χ4n) is 2.58. The Morgan fingerprint density at radius 1 is 1.38 bits per heavy atom. The van der Waals surface area contributed by atoms with Gasteiger partial charge in [0.05, 0.1) is 13.2 Å². The zero-order valence-corrected chi connectivity index (χ0v) is 12.8. The molecular formula is C16H24N2O3. The first-order valence-corrected chi connectivity index (χ1v) is 7.50. The summed E-state index contributed by atoms with van der Waals surface area (Å²) in [5, 5.41) is 12.8. The number of hydrogen-bond donors (Lipinski definition) is 2. The van der Waals surface area contributed by atoms with Gasteiger partial charge in [0, 0.05) is 19.6 Å². The van der Waals surface area contributed by atoms with Crippen LogP contribution in [0.25, 0.3) is 0 Å². The number of aromatic hydroxyl groups is 1. The van der Waals surface area contributed by atoms with Crippen LogP contribution in [0.1, 0.15) is 31.7 Å². The average Bonchev–Trinajstić information content (AvgIpc) is 2.53. The summed E-state index contributed by atoms with van der Waals surface area (Å²) in [6.45, 7) is 4.21. The lowest BCUT2D eigenvalue weighted by Crippen LogP contribution is -2.46. The zero-order chi connectivity index (χ0) is 15.2. The first kappa shape index (κ1) is 15.6. The number of carbonyl (C=O) groups is 1. The molecule has 5 nitrogen and oxygen atoms in total. The van der Waals surface area contributed by atoms with Gasteiger partial charge in [0.1, 0.15) is 0 Å². The molecule has 1 heterocycles. The Labute approximate surface area is 125 Å². The lowest BCUT2D eigenvalue weighted by molar-refractivity contribution is -0.133. The molecule has 116 valence electrons. The summed E-state index contributed by atoms with van der Waals surface area (Å²) in [4.78, 5) is 14.2. The Morgan fingerprint density at radius 3 is 2.76 bits per heavy atom. The minimum absolute atomic E-state index is 0.124. The topological polar surface area (TPSA) is 61.8 Å². The molecule has 5 heteroatoms. The summed E-state index contributed by atoms with van der Waals surface area (Å²) < 4.78 is 5.08. The maximum absolute atomic E-state index is 12.3. The van der Waals surface area contributed by atoms with Crippen LogP contribution >= 0.6 is 0 Å². The molecule has 1 amide bonds. The van der Waals surface area contributed by atoms with Crippen molar-refractivity contribution in [1.82, 2.24) is 10.2 Å². The van der Waals surface area contributed by atoms with Gasteiger partial charge in [0.2, 0.25) is 5.91 Å². The van der Waals surface area contributed by atoms with Crippen LogP contribution in [-0.4, -0.2) is 42.2 Å². The Kier molecular flexibility index (Phi) is 5.44. The highest BCUT2D eigenvalue weighted by molar-refractivity contribution is 5.81. The van der Waals surface area contributed by atoms with Gasteiger partial charge in [-0.3, -0.25) is 4.79 Å². The van der Waals surface area contributed by atoms with Crippen LogP contribution in [-0.2, 0) is 11.3 Å². The molecule has 2 rings (SSSR count). The third-order valence-electron chi connectivity index (χ3n) is 3.89. The third-order valence-corrected chi connectivity index (χ3v) is 3.89. The molecule has 1 aromatic rings. The van der Waals surface area contributed by atoms with E-state index in [4.69, 9.17) is 4.74 Å². The summed E-state index contributed by atoms with van der Waals surface area (Å²) in [7, 11) is 1.52.